The Kier molecular flexibility index (Phi) is 8.41. The zero-order chi connectivity index (χ0) is 30.7. The standard InChI is InChI=1S/C31H30N4O7/c1-17-23(27(36)21-13-9-7-10-14-21)25(29(38)41-5)19(3)34(17)32-31(40)33-35-18(2)24(26(20(35)4)30(39)42-6)28(37)22-15-11-8-12-16-22/h7-16H,1-6H3,(H2,32,33,40). The Labute approximate surface area is 242 Å². The van der Waals surface area contributed by atoms with E-state index in [1.807, 2.05) is 0 Å². The highest BCUT2D eigenvalue weighted by molar-refractivity contribution is 6.17. The molecule has 0 unspecified atom stereocenters. The molecule has 2 heterocycles. The van der Waals surface area contributed by atoms with E-state index >= 15 is 0 Å². The Morgan fingerprint density at radius 2 is 0.833 bits per heavy atom. The molecule has 2 aromatic heterocycles. The van der Waals surface area contributed by atoms with Crippen molar-refractivity contribution in [2.24, 2.45) is 0 Å². The summed E-state index contributed by atoms with van der Waals surface area (Å²) in [6.45, 7) is 6.32. The minimum Gasteiger partial charge on any atom is -0.465 e. The molecule has 0 saturated carbocycles. The molecule has 0 aliphatic heterocycles. The van der Waals surface area contributed by atoms with Crippen molar-refractivity contribution in [2.45, 2.75) is 27.7 Å². The molecular formula is C31H30N4O7. The smallest absolute Gasteiger partial charge is 0.352 e. The van der Waals surface area contributed by atoms with Crippen LogP contribution in [-0.2, 0) is 9.47 Å². The number of ketones is 2. The molecule has 0 saturated heterocycles. The Hall–Kier alpha value is -5.45. The van der Waals surface area contributed by atoms with Crippen molar-refractivity contribution in [3.8, 4) is 0 Å². The van der Waals surface area contributed by atoms with Crippen molar-refractivity contribution >= 4 is 29.5 Å². The van der Waals surface area contributed by atoms with E-state index in [0.717, 1.165) is 0 Å². The van der Waals surface area contributed by atoms with Gasteiger partial charge in [0.15, 0.2) is 11.6 Å². The van der Waals surface area contributed by atoms with E-state index in [9.17, 15) is 24.0 Å². The molecule has 4 rings (SSSR count). The summed E-state index contributed by atoms with van der Waals surface area (Å²) in [6, 6.07) is 16.1. The van der Waals surface area contributed by atoms with Crippen LogP contribution in [0.3, 0.4) is 0 Å². The van der Waals surface area contributed by atoms with Gasteiger partial charge in [-0.25, -0.2) is 25.2 Å². The molecule has 42 heavy (non-hydrogen) atoms. The third kappa shape index (κ3) is 5.19. The van der Waals surface area contributed by atoms with Gasteiger partial charge in [-0.3, -0.25) is 18.9 Å². The first-order valence-corrected chi connectivity index (χ1v) is 12.9. The van der Waals surface area contributed by atoms with E-state index in [4.69, 9.17) is 9.47 Å². The van der Waals surface area contributed by atoms with Gasteiger partial charge in [0.1, 0.15) is 0 Å². The summed E-state index contributed by atoms with van der Waals surface area (Å²) < 4.78 is 12.5. The molecule has 11 heteroatoms. The second kappa shape index (κ2) is 12.0. The van der Waals surface area contributed by atoms with Gasteiger partial charge in [0, 0.05) is 22.5 Å². The second-order valence-electron chi connectivity index (χ2n) is 9.44. The van der Waals surface area contributed by atoms with Crippen LogP contribution in [0.2, 0.25) is 0 Å². The number of ether oxygens (including phenoxy) is 2. The second-order valence-corrected chi connectivity index (χ2v) is 9.44. The molecule has 0 bridgehead atoms. The van der Waals surface area contributed by atoms with Crippen LogP contribution in [0.4, 0.5) is 4.79 Å². The third-order valence-electron chi connectivity index (χ3n) is 7.02. The van der Waals surface area contributed by atoms with Crippen molar-refractivity contribution in [3.05, 3.63) is 117 Å². The first-order chi connectivity index (χ1) is 20.0. The highest BCUT2D eigenvalue weighted by Gasteiger charge is 2.31. The number of benzene rings is 2. The summed E-state index contributed by atoms with van der Waals surface area (Å²) in [5.41, 5.74) is 7.34. The monoisotopic (exact) mass is 570 g/mol. The number of esters is 2. The predicted octanol–water partition coefficient (Wildman–Crippen LogP) is 4.47. The normalized spacial score (nSPS) is 10.6. The summed E-state index contributed by atoms with van der Waals surface area (Å²) in [6.07, 6.45) is 0. The summed E-state index contributed by atoms with van der Waals surface area (Å²) >= 11 is 0. The van der Waals surface area contributed by atoms with Gasteiger partial charge < -0.3 is 9.47 Å². The van der Waals surface area contributed by atoms with Crippen LogP contribution in [0, 0.1) is 27.7 Å². The van der Waals surface area contributed by atoms with Crippen molar-refractivity contribution in [1.82, 2.24) is 9.35 Å². The van der Waals surface area contributed by atoms with E-state index in [0.29, 0.717) is 22.5 Å². The number of amides is 2. The van der Waals surface area contributed by atoms with Crippen molar-refractivity contribution in [3.63, 3.8) is 0 Å². The van der Waals surface area contributed by atoms with Crippen LogP contribution in [0.1, 0.15) is 75.3 Å². The first-order valence-electron chi connectivity index (χ1n) is 12.9. The van der Waals surface area contributed by atoms with Crippen LogP contribution in [0.5, 0.6) is 0 Å². The number of nitrogens with zero attached hydrogens (tertiary/aromatic N) is 2. The van der Waals surface area contributed by atoms with E-state index in [1.54, 1.807) is 88.4 Å². The van der Waals surface area contributed by atoms with Gasteiger partial charge in [-0.1, -0.05) is 60.7 Å². The number of nitrogens with one attached hydrogen (secondary N) is 2. The average molecular weight is 571 g/mol. The molecule has 0 radical (unpaired) electrons. The van der Waals surface area contributed by atoms with E-state index in [2.05, 4.69) is 10.9 Å². The molecule has 0 aliphatic carbocycles. The maximum atomic E-state index is 13.4. The fourth-order valence-corrected chi connectivity index (χ4v) is 4.96. The highest BCUT2D eigenvalue weighted by Crippen LogP contribution is 2.27. The molecule has 0 aliphatic rings. The van der Waals surface area contributed by atoms with Gasteiger partial charge in [0.25, 0.3) is 0 Å². The first kappa shape index (κ1) is 29.5. The maximum Gasteiger partial charge on any atom is 0.352 e. The van der Waals surface area contributed by atoms with Gasteiger partial charge in [-0.2, -0.15) is 0 Å². The van der Waals surface area contributed by atoms with Gasteiger partial charge >= 0.3 is 18.0 Å². The minimum absolute atomic E-state index is 0.0150. The topological polar surface area (TPSA) is 138 Å². The molecule has 0 spiro atoms. The Balaban J connectivity index is 1.74. The van der Waals surface area contributed by atoms with Crippen molar-refractivity contribution in [2.75, 3.05) is 25.1 Å². The number of carbonyl (C=O) groups excluding carboxylic acids is 5. The molecule has 4 aromatic rings. The lowest BCUT2D eigenvalue weighted by molar-refractivity contribution is 0.0589. The number of rotatable bonds is 8. The molecule has 216 valence electrons. The lowest BCUT2D eigenvalue weighted by Crippen LogP contribution is -2.35. The molecule has 2 amide bonds. The van der Waals surface area contributed by atoms with Crippen LogP contribution < -0.4 is 10.9 Å². The fourth-order valence-electron chi connectivity index (χ4n) is 4.96. The third-order valence-corrected chi connectivity index (χ3v) is 7.02. The van der Waals surface area contributed by atoms with Gasteiger partial charge in [0.2, 0.25) is 0 Å². The number of carbonyl (C=O) groups is 5. The Morgan fingerprint density at radius 3 is 1.14 bits per heavy atom. The lowest BCUT2D eigenvalue weighted by atomic mass is 9.99. The van der Waals surface area contributed by atoms with Crippen LogP contribution in [-0.4, -0.2) is 53.1 Å². The number of methoxy groups -OCH3 is 2. The number of hydrogen-bond donors (Lipinski definition) is 2. The molecule has 11 nitrogen and oxygen atoms in total. The summed E-state index contributed by atoms with van der Waals surface area (Å²) in [5, 5.41) is 0. The SMILES string of the molecule is COC(=O)c1c(C(=O)c2ccccc2)c(C)n(NC(=O)Nn2c(C)c(C(=O)OC)c(C(=O)c3ccccc3)c2C)c1C. The fraction of sp³-hybridized carbons (Fsp3) is 0.194. The number of hydrogen-bond acceptors (Lipinski definition) is 7. The van der Waals surface area contributed by atoms with Crippen molar-refractivity contribution in [1.29, 1.82) is 0 Å². The Bertz CT molecular complexity index is 1590. The zero-order valence-electron chi connectivity index (χ0n) is 24.0. The van der Waals surface area contributed by atoms with E-state index in [1.165, 1.54) is 23.6 Å². The molecule has 2 aromatic carbocycles. The van der Waals surface area contributed by atoms with Crippen LogP contribution in [0.15, 0.2) is 60.7 Å². The maximum absolute atomic E-state index is 13.4. The van der Waals surface area contributed by atoms with E-state index < -0.39 is 29.5 Å². The quantitative estimate of drug-likeness (QED) is 0.236. The molecule has 0 atom stereocenters. The van der Waals surface area contributed by atoms with Gasteiger partial charge in [-0.15, -0.1) is 0 Å². The minimum atomic E-state index is -0.775. The molecule has 2 N–H and O–H groups in total. The molecule has 0 fully saturated rings. The summed E-state index contributed by atoms with van der Waals surface area (Å²) in [4.78, 5) is 65.7. The summed E-state index contributed by atoms with van der Waals surface area (Å²) in [5.74, 6) is -2.30. The van der Waals surface area contributed by atoms with Gasteiger partial charge in [-0.05, 0) is 27.7 Å². The van der Waals surface area contributed by atoms with Crippen LogP contribution in [0.25, 0.3) is 0 Å². The number of aromatic nitrogens is 2. The Morgan fingerprint density at radius 1 is 0.524 bits per heavy atom. The molecular weight excluding hydrogens is 540 g/mol. The van der Waals surface area contributed by atoms with E-state index in [-0.39, 0.29) is 33.6 Å². The lowest BCUT2D eigenvalue weighted by Gasteiger charge is -2.15. The van der Waals surface area contributed by atoms with Crippen LogP contribution >= 0.6 is 0 Å². The average Bonchev–Trinajstić information content (AvgIpc) is 3.40. The largest absolute Gasteiger partial charge is 0.465 e. The highest BCUT2D eigenvalue weighted by atomic mass is 16.5. The zero-order valence-corrected chi connectivity index (χ0v) is 24.0. The number of urea groups is 1. The predicted molar refractivity (Wildman–Crippen MR) is 154 cm³/mol. The van der Waals surface area contributed by atoms with Gasteiger partial charge in [0.05, 0.1) is 47.9 Å². The summed E-state index contributed by atoms with van der Waals surface area (Å²) in [7, 11) is 2.41. The van der Waals surface area contributed by atoms with Crippen molar-refractivity contribution < 1.29 is 33.4 Å².